The number of pyridine rings is 2. The van der Waals surface area contributed by atoms with Gasteiger partial charge in [0.05, 0.1) is 44.5 Å². The Morgan fingerprint density at radius 2 is 0.509 bits per heavy atom. The minimum atomic E-state index is 0.624. The van der Waals surface area contributed by atoms with Crippen LogP contribution < -0.4 is 0 Å². The van der Waals surface area contributed by atoms with Crippen LogP contribution in [0, 0.1) is 0 Å². The number of fused-ring (bicyclic) bond motifs is 12. The molecule has 524 valence electrons. The zero-order chi connectivity index (χ0) is 74.0. The molecule has 0 N–H and O–H groups in total. The average Bonchev–Trinajstić information content (AvgIpc) is 1.57. The number of hydrogen-bond donors (Lipinski definition) is 0. The van der Waals surface area contributed by atoms with Gasteiger partial charge in [-0.15, -0.1) is 0 Å². The lowest BCUT2D eigenvalue weighted by Gasteiger charge is -2.12. The topological polar surface area (TPSA) is 110 Å². The van der Waals surface area contributed by atoms with Gasteiger partial charge in [-0.3, -0.25) is 9.13 Å². The maximum atomic E-state index is 5.14. The van der Waals surface area contributed by atoms with Gasteiger partial charge in [0.2, 0.25) is 0 Å². The molecule has 8 heterocycles. The standard InChI is InChI=1S/C51H33N5.C50H32N6/c1-4-15-34(16-5-1)44-33-45(54-50(53-44)35-17-6-2-7-18-35)37-19-12-22-39(31-37)55-46-26-11-10-23-42(46)49-40(24-13-27-48(49)55)36-28-29-47-43(32-36)41-25-14-30-52-51(41)56(47)38-20-8-3-9-21-38;1-4-15-33(16-5-1)47-52-48(34-17-6-2-7-18-34)54-49(53-47)36-19-12-22-38(31-36)55-43-26-11-10-23-41(43)46-39(24-13-27-45(46)55)35-28-29-44-42(32-35)40-25-14-30-51-50(40)56(44)37-20-8-3-9-21-37/h1-33H;1-32H. The van der Waals surface area contributed by atoms with Crippen molar-refractivity contribution in [3.8, 4) is 113 Å². The normalized spacial score (nSPS) is 11.6. The van der Waals surface area contributed by atoms with E-state index in [1.165, 1.54) is 49.0 Å². The predicted molar refractivity (Wildman–Crippen MR) is 458 cm³/mol. The Kier molecular flexibility index (Phi) is 15.9. The first kappa shape index (κ1) is 65.0. The van der Waals surface area contributed by atoms with Crippen molar-refractivity contribution in [3.63, 3.8) is 0 Å². The highest BCUT2D eigenvalue weighted by Crippen LogP contribution is 2.45. The molecule has 22 rings (SSSR count). The minimum absolute atomic E-state index is 0.624. The molecule has 22 aromatic rings. The Labute approximate surface area is 644 Å². The van der Waals surface area contributed by atoms with Crippen LogP contribution in [0.15, 0.2) is 395 Å². The van der Waals surface area contributed by atoms with Gasteiger partial charge in [-0.25, -0.2) is 34.9 Å². The van der Waals surface area contributed by atoms with Crippen LogP contribution in [0.2, 0.25) is 0 Å². The highest BCUT2D eigenvalue weighted by atomic mass is 15.1. The summed E-state index contributed by atoms with van der Waals surface area (Å²) in [5.41, 5.74) is 25.3. The molecule has 0 spiro atoms. The summed E-state index contributed by atoms with van der Waals surface area (Å²) in [4.78, 5) is 34.8. The van der Waals surface area contributed by atoms with E-state index in [1.807, 2.05) is 116 Å². The van der Waals surface area contributed by atoms with E-state index in [2.05, 4.69) is 297 Å². The van der Waals surface area contributed by atoms with E-state index in [4.69, 9.17) is 34.9 Å². The van der Waals surface area contributed by atoms with Gasteiger partial charge in [-0.05, 0) is 150 Å². The molecule has 0 unspecified atom stereocenters. The largest absolute Gasteiger partial charge is 0.309 e. The van der Waals surface area contributed by atoms with Gasteiger partial charge in [-0.2, -0.15) is 0 Å². The second-order valence-corrected chi connectivity index (χ2v) is 28.0. The fourth-order valence-corrected chi connectivity index (χ4v) is 16.4. The number of hydrogen-bond acceptors (Lipinski definition) is 7. The lowest BCUT2D eigenvalue weighted by molar-refractivity contribution is 1.07. The molecular weight excluding hydrogens is 1370 g/mol. The summed E-state index contributed by atoms with van der Waals surface area (Å²) in [5.74, 6) is 2.61. The molecule has 0 aliphatic heterocycles. The Hall–Kier alpha value is -15.3. The van der Waals surface area contributed by atoms with E-state index >= 15 is 0 Å². The summed E-state index contributed by atoms with van der Waals surface area (Å²) < 4.78 is 9.26. The number of rotatable bonds is 12. The van der Waals surface area contributed by atoms with Crippen LogP contribution >= 0.6 is 0 Å². The third-order valence-corrected chi connectivity index (χ3v) is 21.4. The predicted octanol–water partition coefficient (Wildman–Crippen LogP) is 24.9. The summed E-state index contributed by atoms with van der Waals surface area (Å²) in [5, 5.41) is 9.43. The molecule has 0 aliphatic rings. The van der Waals surface area contributed by atoms with Crippen LogP contribution in [0.5, 0.6) is 0 Å². The summed E-state index contributed by atoms with van der Waals surface area (Å²) in [7, 11) is 0. The number of para-hydroxylation sites is 4. The number of benzene rings is 14. The van der Waals surface area contributed by atoms with Gasteiger partial charge in [0.1, 0.15) is 11.3 Å². The third-order valence-electron chi connectivity index (χ3n) is 21.4. The van der Waals surface area contributed by atoms with Crippen molar-refractivity contribution in [2.45, 2.75) is 0 Å². The lowest BCUT2D eigenvalue weighted by atomic mass is 9.98. The lowest BCUT2D eigenvalue weighted by Crippen LogP contribution is -2.01. The van der Waals surface area contributed by atoms with Crippen molar-refractivity contribution in [1.29, 1.82) is 0 Å². The molecule has 0 radical (unpaired) electrons. The van der Waals surface area contributed by atoms with E-state index < -0.39 is 0 Å². The Balaban J connectivity index is 0.000000141. The number of aromatic nitrogens is 11. The van der Waals surface area contributed by atoms with Gasteiger partial charge in [0.15, 0.2) is 23.3 Å². The molecule has 11 nitrogen and oxygen atoms in total. The molecule has 0 saturated carbocycles. The summed E-state index contributed by atoms with van der Waals surface area (Å²) >= 11 is 0. The summed E-state index contributed by atoms with van der Waals surface area (Å²) in [6.45, 7) is 0. The second kappa shape index (κ2) is 27.5. The smallest absolute Gasteiger partial charge is 0.164 e. The third kappa shape index (κ3) is 11.3. The van der Waals surface area contributed by atoms with Crippen LogP contribution in [0.4, 0.5) is 0 Å². The maximum absolute atomic E-state index is 5.14. The molecule has 0 saturated heterocycles. The number of nitrogens with zero attached hydrogens (tertiary/aromatic N) is 11. The highest BCUT2D eigenvalue weighted by molar-refractivity contribution is 6.19. The second-order valence-electron chi connectivity index (χ2n) is 28.0. The van der Waals surface area contributed by atoms with E-state index in [0.717, 1.165) is 128 Å². The van der Waals surface area contributed by atoms with Crippen molar-refractivity contribution in [2.24, 2.45) is 0 Å². The SMILES string of the molecule is c1ccc(-c2cc(-c3cccc(-n4c5ccccc5c5c(-c6ccc7c(c6)c6cccnc6n7-c6ccccc6)cccc54)c3)nc(-c3ccccc3)n2)cc1.c1ccc(-c2nc(-c3ccccc3)nc(-c3cccc(-n4c5ccccc5c5c(-c6ccc7c(c6)c6cccnc6n7-c6ccccc6)cccc54)c3)n2)cc1. The Bertz CT molecular complexity index is 6800. The quantitative estimate of drug-likeness (QED) is 0.120. The Morgan fingerprint density at radius 3 is 0.973 bits per heavy atom. The van der Waals surface area contributed by atoms with Crippen molar-refractivity contribution in [1.82, 2.24) is 53.2 Å². The summed E-state index contributed by atoms with van der Waals surface area (Å²) in [6.07, 6.45) is 3.75. The highest BCUT2D eigenvalue weighted by Gasteiger charge is 2.24. The molecule has 11 heteroatoms. The van der Waals surface area contributed by atoms with Crippen LogP contribution in [0.3, 0.4) is 0 Å². The molecule has 0 amide bonds. The molecule has 112 heavy (non-hydrogen) atoms. The molecular formula is C101H65N11. The molecule has 8 aromatic heterocycles. The van der Waals surface area contributed by atoms with Crippen molar-refractivity contribution >= 4 is 87.5 Å². The van der Waals surface area contributed by atoms with E-state index in [-0.39, 0.29) is 0 Å². The summed E-state index contributed by atoms with van der Waals surface area (Å²) in [6, 6.07) is 134. The van der Waals surface area contributed by atoms with Crippen molar-refractivity contribution < 1.29 is 0 Å². The first-order valence-corrected chi connectivity index (χ1v) is 37.6. The van der Waals surface area contributed by atoms with Gasteiger partial charge >= 0.3 is 0 Å². The Morgan fingerprint density at radius 1 is 0.179 bits per heavy atom. The molecule has 14 aromatic carbocycles. The average molecular weight is 1430 g/mol. The molecule has 0 aliphatic carbocycles. The monoisotopic (exact) mass is 1430 g/mol. The van der Waals surface area contributed by atoms with E-state index in [0.29, 0.717) is 23.3 Å². The minimum Gasteiger partial charge on any atom is -0.309 e. The van der Waals surface area contributed by atoms with Crippen molar-refractivity contribution in [3.05, 3.63) is 395 Å². The van der Waals surface area contributed by atoms with Crippen LogP contribution in [-0.4, -0.2) is 53.2 Å². The fourth-order valence-electron chi connectivity index (χ4n) is 16.4. The fraction of sp³-hybridized carbons (Fsp3) is 0. The first-order chi connectivity index (χ1) is 55.6. The van der Waals surface area contributed by atoms with Crippen LogP contribution in [0.1, 0.15) is 0 Å². The zero-order valence-corrected chi connectivity index (χ0v) is 60.4. The maximum Gasteiger partial charge on any atom is 0.164 e. The molecule has 0 atom stereocenters. The van der Waals surface area contributed by atoms with E-state index in [1.54, 1.807) is 0 Å². The van der Waals surface area contributed by atoms with Gasteiger partial charge in [-0.1, -0.05) is 255 Å². The van der Waals surface area contributed by atoms with Crippen LogP contribution in [-0.2, 0) is 0 Å². The molecule has 0 fully saturated rings. The van der Waals surface area contributed by atoms with Gasteiger partial charge in [0.25, 0.3) is 0 Å². The first-order valence-electron chi connectivity index (χ1n) is 37.6. The van der Waals surface area contributed by atoms with Crippen molar-refractivity contribution in [2.75, 3.05) is 0 Å². The van der Waals surface area contributed by atoms with Gasteiger partial charge < -0.3 is 9.13 Å². The zero-order valence-electron chi connectivity index (χ0n) is 60.4. The van der Waals surface area contributed by atoms with E-state index in [9.17, 15) is 0 Å². The molecule has 0 bridgehead atoms. The van der Waals surface area contributed by atoms with Gasteiger partial charge in [0, 0.05) is 112 Å². The van der Waals surface area contributed by atoms with Crippen LogP contribution in [0.25, 0.3) is 201 Å².